The number of hydrogen-bond donors (Lipinski definition) is 4. The molecule has 0 atom stereocenters. The minimum atomic E-state index is -0.657. The first-order chi connectivity index (χ1) is 11.6. The smallest absolute Gasteiger partial charge is 0.303 e. The Morgan fingerprint density at radius 1 is 0.750 bits per heavy atom. The highest BCUT2D eigenvalue weighted by Crippen LogP contribution is 2.11. The molecule has 0 unspecified atom stereocenters. The van der Waals surface area contributed by atoms with Crippen molar-refractivity contribution in [2.75, 3.05) is 19.8 Å². The third-order valence-corrected chi connectivity index (χ3v) is 4.05. The molecule has 4 N–H and O–H groups in total. The first kappa shape index (κ1) is 25.6. The van der Waals surface area contributed by atoms with Crippen LogP contribution in [0.5, 0.6) is 0 Å². The lowest BCUT2D eigenvalue weighted by Gasteiger charge is -2.06. The summed E-state index contributed by atoms with van der Waals surface area (Å²) < 4.78 is 0. The largest absolute Gasteiger partial charge is 0.481 e. The zero-order valence-electron chi connectivity index (χ0n) is 15.6. The molecule has 0 bridgehead atoms. The molecule has 0 heterocycles. The number of aliphatic carboxylic acids is 1. The van der Waals surface area contributed by atoms with E-state index in [4.69, 9.17) is 20.4 Å². The first-order valence-corrected chi connectivity index (χ1v) is 9.66. The molecule has 0 amide bonds. The van der Waals surface area contributed by atoms with Gasteiger partial charge in [-0.3, -0.25) is 4.79 Å². The van der Waals surface area contributed by atoms with E-state index < -0.39 is 5.97 Å². The van der Waals surface area contributed by atoms with Crippen molar-refractivity contribution in [1.29, 1.82) is 0 Å². The second kappa shape index (κ2) is 22.4. The van der Waals surface area contributed by atoms with Crippen LogP contribution in [0.25, 0.3) is 0 Å². The molecule has 0 aromatic rings. The van der Waals surface area contributed by atoms with Gasteiger partial charge in [-0.15, -0.1) is 0 Å². The zero-order chi connectivity index (χ0) is 18.5. The fourth-order valence-corrected chi connectivity index (χ4v) is 2.36. The van der Waals surface area contributed by atoms with Crippen LogP contribution in [0.2, 0.25) is 0 Å². The summed E-state index contributed by atoms with van der Waals surface area (Å²) in [5, 5.41) is 33.5. The fourth-order valence-electron chi connectivity index (χ4n) is 2.36. The van der Waals surface area contributed by atoms with E-state index in [9.17, 15) is 4.79 Å². The molecule has 146 valence electrons. The number of aliphatic hydroxyl groups excluding tert-OH is 3. The number of rotatable bonds is 16. The van der Waals surface area contributed by atoms with Crippen LogP contribution in [-0.4, -0.2) is 46.2 Å². The van der Waals surface area contributed by atoms with Gasteiger partial charge in [0.05, 0.1) is 0 Å². The van der Waals surface area contributed by atoms with Gasteiger partial charge < -0.3 is 20.4 Å². The molecule has 0 fully saturated rings. The molecule has 0 radical (unpaired) electrons. The van der Waals surface area contributed by atoms with Crippen molar-refractivity contribution in [2.45, 2.75) is 90.4 Å². The second-order valence-electron chi connectivity index (χ2n) is 6.42. The minimum Gasteiger partial charge on any atom is -0.481 e. The average Bonchev–Trinajstić information content (AvgIpc) is 2.58. The summed E-state index contributed by atoms with van der Waals surface area (Å²) >= 11 is 0. The molecule has 0 aromatic heterocycles. The van der Waals surface area contributed by atoms with Crippen LogP contribution >= 0.6 is 0 Å². The Morgan fingerprint density at radius 2 is 1.17 bits per heavy atom. The van der Waals surface area contributed by atoms with E-state index in [2.05, 4.69) is 6.92 Å². The zero-order valence-corrected chi connectivity index (χ0v) is 15.6. The van der Waals surface area contributed by atoms with Gasteiger partial charge in [0.1, 0.15) is 0 Å². The highest BCUT2D eigenvalue weighted by atomic mass is 16.4. The van der Waals surface area contributed by atoms with E-state index in [0.717, 1.165) is 12.8 Å². The molecule has 0 aromatic carbocycles. The van der Waals surface area contributed by atoms with Gasteiger partial charge in [0.2, 0.25) is 0 Å². The fraction of sp³-hybridized carbons (Fsp3) is 0.947. The van der Waals surface area contributed by atoms with Crippen LogP contribution in [-0.2, 0) is 4.79 Å². The maximum absolute atomic E-state index is 10.3. The van der Waals surface area contributed by atoms with Gasteiger partial charge in [-0.25, -0.2) is 0 Å². The Hall–Kier alpha value is -0.650. The van der Waals surface area contributed by atoms with Crippen molar-refractivity contribution in [3.63, 3.8) is 0 Å². The molecule has 5 nitrogen and oxygen atoms in total. The Kier molecular flexibility index (Phi) is 23.8. The quantitative estimate of drug-likeness (QED) is 0.319. The van der Waals surface area contributed by atoms with Gasteiger partial charge in [-0.1, -0.05) is 71.1 Å². The van der Waals surface area contributed by atoms with Gasteiger partial charge in [-0.05, 0) is 12.8 Å². The van der Waals surface area contributed by atoms with Crippen LogP contribution in [0, 0.1) is 5.92 Å². The summed E-state index contributed by atoms with van der Waals surface area (Å²) in [6.07, 6.45) is 14.8. The van der Waals surface area contributed by atoms with E-state index in [0.29, 0.717) is 12.8 Å². The Balaban J connectivity index is 0. The summed E-state index contributed by atoms with van der Waals surface area (Å²) in [7, 11) is 0. The summed E-state index contributed by atoms with van der Waals surface area (Å²) in [5.41, 5.74) is 0. The number of carboxylic acid groups (broad SMARTS) is 1. The molecule has 0 saturated heterocycles. The van der Waals surface area contributed by atoms with Gasteiger partial charge in [0.15, 0.2) is 0 Å². The van der Waals surface area contributed by atoms with E-state index in [1.54, 1.807) is 0 Å². The second-order valence-corrected chi connectivity index (χ2v) is 6.42. The molecule has 0 aliphatic carbocycles. The number of carboxylic acids is 1. The van der Waals surface area contributed by atoms with Crippen molar-refractivity contribution in [3.8, 4) is 0 Å². The highest BCUT2D eigenvalue weighted by Gasteiger charge is 2.02. The van der Waals surface area contributed by atoms with E-state index in [-0.39, 0.29) is 25.7 Å². The van der Waals surface area contributed by atoms with Crippen molar-refractivity contribution >= 4 is 5.97 Å². The Morgan fingerprint density at radius 3 is 1.46 bits per heavy atom. The predicted octanol–water partition coefficient (Wildman–Crippen LogP) is 3.74. The van der Waals surface area contributed by atoms with E-state index >= 15 is 0 Å². The summed E-state index contributed by atoms with van der Waals surface area (Å²) in [4.78, 5) is 10.3. The standard InChI is InChI=1S/C14H28O2.C5H12O3/c1-2-3-4-5-6-7-8-9-10-11-12-13-14(15)16;6-2-1-5(3-7)4-8/h2-13H2,1H3,(H,15,16);5-8H,1-4H2. The maximum Gasteiger partial charge on any atom is 0.303 e. The van der Waals surface area contributed by atoms with Gasteiger partial charge in [-0.2, -0.15) is 0 Å². The topological polar surface area (TPSA) is 98.0 Å². The van der Waals surface area contributed by atoms with Gasteiger partial charge in [0, 0.05) is 32.2 Å². The highest BCUT2D eigenvalue weighted by molar-refractivity contribution is 5.66. The van der Waals surface area contributed by atoms with Gasteiger partial charge in [0.25, 0.3) is 0 Å². The van der Waals surface area contributed by atoms with Crippen molar-refractivity contribution in [1.82, 2.24) is 0 Å². The minimum absolute atomic E-state index is 0.0335. The summed E-state index contributed by atoms with van der Waals surface area (Å²) in [6, 6.07) is 0. The van der Waals surface area contributed by atoms with Crippen LogP contribution in [0.15, 0.2) is 0 Å². The molecule has 0 saturated carbocycles. The van der Waals surface area contributed by atoms with Gasteiger partial charge >= 0.3 is 5.97 Å². The van der Waals surface area contributed by atoms with Crippen LogP contribution in [0.3, 0.4) is 0 Å². The molecular formula is C19H40O5. The molecule has 0 spiro atoms. The third-order valence-electron chi connectivity index (χ3n) is 4.05. The summed E-state index contributed by atoms with van der Waals surface area (Å²) in [6.45, 7) is 2.19. The maximum atomic E-state index is 10.3. The lowest BCUT2D eigenvalue weighted by Crippen LogP contribution is -2.12. The lowest BCUT2D eigenvalue weighted by molar-refractivity contribution is -0.137. The third kappa shape index (κ3) is 23.6. The number of aliphatic hydroxyl groups is 3. The number of unbranched alkanes of at least 4 members (excludes halogenated alkanes) is 10. The van der Waals surface area contributed by atoms with Crippen LogP contribution < -0.4 is 0 Å². The van der Waals surface area contributed by atoms with Crippen molar-refractivity contribution in [2.24, 2.45) is 5.92 Å². The Labute approximate surface area is 148 Å². The molecule has 0 rings (SSSR count). The molecule has 0 aliphatic heterocycles. The van der Waals surface area contributed by atoms with Crippen molar-refractivity contribution in [3.05, 3.63) is 0 Å². The van der Waals surface area contributed by atoms with Crippen LogP contribution in [0.4, 0.5) is 0 Å². The number of hydrogen-bond acceptors (Lipinski definition) is 4. The van der Waals surface area contributed by atoms with Crippen molar-refractivity contribution < 1.29 is 25.2 Å². The van der Waals surface area contributed by atoms with E-state index in [1.807, 2.05) is 0 Å². The average molecular weight is 349 g/mol. The summed E-state index contributed by atoms with van der Waals surface area (Å²) in [5.74, 6) is -0.795. The van der Waals surface area contributed by atoms with Crippen LogP contribution in [0.1, 0.15) is 90.4 Å². The lowest BCUT2D eigenvalue weighted by atomic mass is 10.1. The molecule has 24 heavy (non-hydrogen) atoms. The van der Waals surface area contributed by atoms with E-state index in [1.165, 1.54) is 57.8 Å². The Bertz CT molecular complexity index is 242. The molecule has 5 heteroatoms. The molecular weight excluding hydrogens is 308 g/mol. The monoisotopic (exact) mass is 348 g/mol. The number of carbonyl (C=O) groups is 1. The first-order valence-electron chi connectivity index (χ1n) is 9.66. The molecule has 0 aliphatic rings. The predicted molar refractivity (Wildman–Crippen MR) is 98.1 cm³/mol. The normalized spacial score (nSPS) is 10.5. The SMILES string of the molecule is CCCCCCCCCCCCCC(=O)O.OCCC(CO)CO.